The normalized spacial score (nSPS) is 2.00. The van der Waals surface area contributed by atoms with Crippen molar-refractivity contribution < 1.29 is 32.7 Å². The Hall–Kier alpha value is 1.80. The molecule has 4 heavy (non-hydrogen) atoms. The Morgan fingerprint density at radius 3 is 1.25 bits per heavy atom. The standard InChI is InChI=1S/Al.Cr.Mn.H3Si.3H/h;;;1H3;;;. The summed E-state index contributed by atoms with van der Waals surface area (Å²) in [6.45, 7) is 0. The zero-order valence-corrected chi connectivity index (χ0v) is 6.24. The van der Waals surface area contributed by atoms with E-state index in [4.69, 9.17) is 0 Å². The van der Waals surface area contributed by atoms with Gasteiger partial charge in [-0.15, -0.1) is 0 Å². The van der Waals surface area contributed by atoms with Gasteiger partial charge in [-0.05, 0) is 0 Å². The Bertz CT molecular complexity index is 8.00. The van der Waals surface area contributed by atoms with Crippen molar-refractivity contribution in [1.29, 1.82) is 0 Å². The molecule has 26 valence electrons. The van der Waals surface area contributed by atoms with Crippen LogP contribution in [0.1, 0.15) is 0 Å². The predicted octanol–water partition coefficient (Wildman–Crippen LogP) is -2.37. The van der Waals surface area contributed by atoms with Crippen LogP contribution < -0.4 is 0 Å². The summed E-state index contributed by atoms with van der Waals surface area (Å²) in [5.74, 6) is 0. The van der Waals surface area contributed by atoms with E-state index in [-0.39, 0.29) is 34.4 Å². The molecule has 0 aromatic rings. The number of hydrogen-bond donors (Lipinski definition) is 0. The van der Waals surface area contributed by atoms with Gasteiger partial charge in [0.05, 0.1) is 0 Å². The van der Waals surface area contributed by atoms with Crippen LogP contribution in [-0.2, 0) is 32.7 Å². The summed E-state index contributed by atoms with van der Waals surface area (Å²) >= 11 is 2.76. The van der Waals surface area contributed by atoms with Crippen molar-refractivity contribution in [2.24, 2.45) is 0 Å². The van der Waals surface area contributed by atoms with Gasteiger partial charge >= 0.3 is 24.4 Å². The van der Waals surface area contributed by atoms with E-state index in [1.807, 2.05) is 0 Å². The molecule has 0 aliphatic heterocycles. The third-order valence-corrected chi connectivity index (χ3v) is 0. The molecular formula is H6AlCrMnSi. The number of hydrogen-bond acceptors (Lipinski definition) is 0. The molecule has 0 amide bonds. The zero-order valence-electron chi connectivity index (χ0n) is 1.79. The average Bonchev–Trinajstić information content (AvgIpc) is 1.00. The molecule has 0 aromatic carbocycles. The van der Waals surface area contributed by atoms with Crippen molar-refractivity contribution in [2.75, 3.05) is 0 Å². The fraction of sp³-hybridized carbons (Fsp3) is 0. The van der Waals surface area contributed by atoms with Crippen molar-refractivity contribution in [3.63, 3.8) is 0 Å². The Labute approximate surface area is 58.6 Å². The monoisotopic (exact) mass is 168 g/mol. The van der Waals surface area contributed by atoms with Gasteiger partial charge in [0.15, 0.2) is 17.4 Å². The van der Waals surface area contributed by atoms with Crippen molar-refractivity contribution in [2.45, 2.75) is 0 Å². The van der Waals surface area contributed by atoms with E-state index in [1.54, 1.807) is 0 Å². The van der Waals surface area contributed by atoms with Crippen LogP contribution in [0.4, 0.5) is 0 Å². The maximum absolute atomic E-state index is 2.76. The molecule has 0 heterocycles. The molecule has 0 nitrogen and oxygen atoms in total. The molecule has 0 spiro atoms. The Kier molecular flexibility index (Phi) is 91.1. The Morgan fingerprint density at radius 1 is 1.25 bits per heavy atom. The second kappa shape index (κ2) is 21.4. The van der Waals surface area contributed by atoms with Gasteiger partial charge in [0.1, 0.15) is 0 Å². The SMILES string of the molecule is [AlH3].[Mn].[SiH3][Cr]. The van der Waals surface area contributed by atoms with Gasteiger partial charge in [0.25, 0.3) is 0 Å². The molecule has 0 aliphatic carbocycles. The molecule has 0 fully saturated rings. The van der Waals surface area contributed by atoms with Crippen molar-refractivity contribution in [3.05, 3.63) is 0 Å². The Balaban J connectivity index is -0.00000000500. The van der Waals surface area contributed by atoms with E-state index in [2.05, 4.69) is 15.6 Å². The first-order valence-corrected chi connectivity index (χ1v) is 5.05. The summed E-state index contributed by atoms with van der Waals surface area (Å²) in [5, 5.41) is 0. The molecule has 0 atom stereocenters. The van der Waals surface area contributed by atoms with Gasteiger partial charge in [-0.25, -0.2) is 0 Å². The second-order valence-corrected chi connectivity index (χ2v) is 0. The summed E-state index contributed by atoms with van der Waals surface area (Å²) in [6, 6.07) is 0. The van der Waals surface area contributed by atoms with Gasteiger partial charge < -0.3 is 0 Å². The first kappa shape index (κ1) is 17.0. The van der Waals surface area contributed by atoms with Crippen LogP contribution in [0.25, 0.3) is 0 Å². The van der Waals surface area contributed by atoms with E-state index >= 15 is 0 Å². The predicted molar refractivity (Wildman–Crippen MR) is 19.9 cm³/mol. The first-order chi connectivity index (χ1) is 1.00. The summed E-state index contributed by atoms with van der Waals surface area (Å²) in [4.78, 5) is 0. The molecule has 4 heteroatoms. The minimum absolute atomic E-state index is 0. The molecule has 1 radical (unpaired) electrons. The number of rotatable bonds is 0. The quantitative estimate of drug-likeness (QED) is 0.354. The molecule has 0 N–H and O–H groups in total. The van der Waals surface area contributed by atoms with Gasteiger partial charge in [-0.1, -0.05) is 0 Å². The fourth-order valence-electron chi connectivity index (χ4n) is 0. The van der Waals surface area contributed by atoms with Crippen LogP contribution in [0.2, 0.25) is 0 Å². The molecule has 0 saturated heterocycles. The third kappa shape index (κ3) is 9.19. The average molecular weight is 168 g/mol. The summed E-state index contributed by atoms with van der Waals surface area (Å²) in [5.41, 5.74) is 0. The van der Waals surface area contributed by atoms with Crippen molar-refractivity contribution >= 4 is 26.2 Å². The van der Waals surface area contributed by atoms with Crippen molar-refractivity contribution in [1.82, 2.24) is 0 Å². The van der Waals surface area contributed by atoms with Gasteiger partial charge in [0.2, 0.25) is 0 Å². The molecule has 0 aromatic heterocycles. The van der Waals surface area contributed by atoms with Gasteiger partial charge in [-0.2, -0.15) is 0 Å². The van der Waals surface area contributed by atoms with E-state index in [0.717, 1.165) is 0 Å². The minimum atomic E-state index is 0. The molecule has 0 bridgehead atoms. The van der Waals surface area contributed by atoms with Crippen LogP contribution in [0.5, 0.6) is 0 Å². The van der Waals surface area contributed by atoms with Crippen LogP contribution in [0.3, 0.4) is 0 Å². The topological polar surface area (TPSA) is 0 Å². The zero-order chi connectivity index (χ0) is 2.00. The molecule has 0 aliphatic rings. The van der Waals surface area contributed by atoms with E-state index in [1.165, 1.54) is 8.80 Å². The molecule has 0 rings (SSSR count). The molecule has 0 unspecified atom stereocenters. The first-order valence-electron chi connectivity index (χ1n) is 0.408. The summed E-state index contributed by atoms with van der Waals surface area (Å²) < 4.78 is 0. The van der Waals surface area contributed by atoms with Crippen LogP contribution >= 0.6 is 0 Å². The van der Waals surface area contributed by atoms with Crippen LogP contribution in [0, 0.1) is 0 Å². The van der Waals surface area contributed by atoms with E-state index in [9.17, 15) is 0 Å². The maximum atomic E-state index is 2.76. The van der Waals surface area contributed by atoms with Crippen molar-refractivity contribution in [3.8, 4) is 0 Å². The third-order valence-electron chi connectivity index (χ3n) is 0. The second-order valence-electron chi connectivity index (χ2n) is 0. The Morgan fingerprint density at radius 2 is 1.25 bits per heavy atom. The van der Waals surface area contributed by atoms with Gasteiger partial charge in [0, 0.05) is 17.1 Å². The summed E-state index contributed by atoms with van der Waals surface area (Å²) in [6.07, 6.45) is 0. The van der Waals surface area contributed by atoms with E-state index < -0.39 is 0 Å². The molecule has 0 saturated carbocycles. The fourth-order valence-corrected chi connectivity index (χ4v) is 0. The van der Waals surface area contributed by atoms with Crippen LogP contribution in [-0.4, -0.2) is 26.2 Å². The van der Waals surface area contributed by atoms with Gasteiger partial charge in [-0.3, -0.25) is 0 Å². The summed E-state index contributed by atoms with van der Waals surface area (Å²) in [7, 11) is 1.18. The van der Waals surface area contributed by atoms with Crippen LogP contribution in [0.15, 0.2) is 0 Å². The molecular weight excluding hydrogens is 162 g/mol. The van der Waals surface area contributed by atoms with E-state index in [0.29, 0.717) is 0 Å².